The van der Waals surface area contributed by atoms with Crippen molar-refractivity contribution in [1.29, 1.82) is 0 Å². The summed E-state index contributed by atoms with van der Waals surface area (Å²) in [7, 11) is 0. The van der Waals surface area contributed by atoms with E-state index >= 15 is 0 Å². The van der Waals surface area contributed by atoms with Crippen LogP contribution in [0.15, 0.2) is 23.1 Å². The first kappa shape index (κ1) is 8.81. The van der Waals surface area contributed by atoms with Crippen LogP contribution in [0, 0.1) is 0 Å². The molecule has 0 saturated heterocycles. The van der Waals surface area contributed by atoms with Gasteiger partial charge >= 0.3 is 0 Å². The molecule has 1 aromatic rings. The summed E-state index contributed by atoms with van der Waals surface area (Å²) >= 11 is 1.95. The van der Waals surface area contributed by atoms with E-state index in [4.69, 9.17) is 0 Å². The van der Waals surface area contributed by atoms with E-state index in [1.54, 1.807) is 0 Å². The van der Waals surface area contributed by atoms with Gasteiger partial charge in [0.1, 0.15) is 0 Å². The second-order valence-corrected chi connectivity index (χ2v) is 5.51. The Morgan fingerprint density at radius 3 is 3.00 bits per heavy atom. The van der Waals surface area contributed by atoms with Gasteiger partial charge in [-0.2, -0.15) is 0 Å². The molecular weight excluding hydrogens is 192 g/mol. The fourth-order valence-electron chi connectivity index (χ4n) is 2.10. The maximum absolute atomic E-state index is 9.90. The number of thioether (sulfide) groups is 1. The number of rotatable bonds is 2. The van der Waals surface area contributed by atoms with Gasteiger partial charge in [-0.3, -0.25) is 0 Å². The zero-order valence-corrected chi connectivity index (χ0v) is 8.94. The first-order valence-electron chi connectivity index (χ1n) is 5.23. The van der Waals surface area contributed by atoms with Crippen molar-refractivity contribution in [2.75, 3.05) is 5.75 Å². The lowest BCUT2D eigenvalue weighted by molar-refractivity contribution is 0.150. The molecule has 74 valence electrons. The average Bonchev–Trinajstić information content (AvgIpc) is 2.73. The van der Waals surface area contributed by atoms with E-state index in [-0.39, 0.29) is 5.60 Å². The molecule has 1 aliphatic heterocycles. The zero-order valence-electron chi connectivity index (χ0n) is 8.12. The fraction of sp³-hybridized carbons (Fsp3) is 0.500. The van der Waals surface area contributed by atoms with Gasteiger partial charge in [0.2, 0.25) is 0 Å². The van der Waals surface area contributed by atoms with Crippen molar-refractivity contribution in [1.82, 2.24) is 0 Å². The van der Waals surface area contributed by atoms with Crippen LogP contribution in [-0.2, 0) is 12.8 Å². The predicted molar refractivity (Wildman–Crippen MR) is 58.8 cm³/mol. The van der Waals surface area contributed by atoms with Crippen molar-refractivity contribution in [3.05, 3.63) is 29.3 Å². The van der Waals surface area contributed by atoms with Crippen LogP contribution in [0.25, 0.3) is 0 Å². The highest BCUT2D eigenvalue weighted by Crippen LogP contribution is 2.42. The third-order valence-corrected chi connectivity index (χ3v) is 4.36. The maximum atomic E-state index is 9.90. The highest BCUT2D eigenvalue weighted by atomic mass is 32.2. The first-order chi connectivity index (χ1) is 6.77. The molecule has 1 fully saturated rings. The van der Waals surface area contributed by atoms with Crippen LogP contribution in [0.1, 0.15) is 24.0 Å². The summed E-state index contributed by atoms with van der Waals surface area (Å²) in [6.45, 7) is 0. The minimum atomic E-state index is -0.349. The Bertz CT molecular complexity index is 369. The molecule has 1 nitrogen and oxygen atoms in total. The summed E-state index contributed by atoms with van der Waals surface area (Å²) < 4.78 is 0. The van der Waals surface area contributed by atoms with Gasteiger partial charge in [0.15, 0.2) is 0 Å². The minimum Gasteiger partial charge on any atom is -0.390 e. The molecule has 0 aromatic heterocycles. The maximum Gasteiger partial charge on any atom is 0.0690 e. The van der Waals surface area contributed by atoms with Gasteiger partial charge in [0.05, 0.1) is 5.60 Å². The smallest absolute Gasteiger partial charge is 0.0690 e. The number of aryl methyl sites for hydroxylation is 1. The fourth-order valence-corrected chi connectivity index (χ4v) is 3.31. The van der Waals surface area contributed by atoms with Gasteiger partial charge in [-0.25, -0.2) is 0 Å². The van der Waals surface area contributed by atoms with E-state index in [9.17, 15) is 5.11 Å². The molecule has 1 heterocycles. The Balaban J connectivity index is 1.94. The molecule has 0 bridgehead atoms. The summed E-state index contributed by atoms with van der Waals surface area (Å²) in [4.78, 5) is 1.45. The molecular formula is C12H14OS. The van der Waals surface area contributed by atoms with Crippen molar-refractivity contribution >= 4 is 11.8 Å². The molecule has 14 heavy (non-hydrogen) atoms. The molecule has 3 rings (SSSR count). The van der Waals surface area contributed by atoms with Crippen LogP contribution in [-0.4, -0.2) is 16.5 Å². The van der Waals surface area contributed by atoms with Crippen molar-refractivity contribution in [3.8, 4) is 0 Å². The van der Waals surface area contributed by atoms with Gasteiger partial charge in [-0.1, -0.05) is 18.2 Å². The molecule has 1 aromatic carbocycles. The molecule has 2 aliphatic rings. The molecule has 2 heteroatoms. The minimum absolute atomic E-state index is 0.349. The first-order valence-corrected chi connectivity index (χ1v) is 6.21. The largest absolute Gasteiger partial charge is 0.390 e. The molecule has 0 spiro atoms. The Morgan fingerprint density at radius 2 is 2.21 bits per heavy atom. The molecule has 0 atom stereocenters. The third-order valence-electron chi connectivity index (χ3n) is 3.14. The van der Waals surface area contributed by atoms with Crippen molar-refractivity contribution < 1.29 is 5.11 Å². The molecule has 1 N–H and O–H groups in total. The highest BCUT2D eigenvalue weighted by Gasteiger charge is 2.40. The molecule has 0 amide bonds. The van der Waals surface area contributed by atoms with Crippen molar-refractivity contribution in [2.45, 2.75) is 36.2 Å². The monoisotopic (exact) mass is 206 g/mol. The quantitative estimate of drug-likeness (QED) is 0.802. The number of benzene rings is 1. The van der Waals surface area contributed by atoms with E-state index < -0.39 is 0 Å². The molecule has 0 radical (unpaired) electrons. The Labute approximate surface area is 88.5 Å². The van der Waals surface area contributed by atoms with E-state index in [1.165, 1.54) is 28.2 Å². The number of fused-ring (bicyclic) bond motifs is 1. The third kappa shape index (κ3) is 1.47. The number of hydrogen-bond acceptors (Lipinski definition) is 2. The van der Waals surface area contributed by atoms with Crippen LogP contribution in [0.2, 0.25) is 0 Å². The van der Waals surface area contributed by atoms with Gasteiger partial charge in [-0.15, -0.1) is 11.8 Å². The summed E-state index contributed by atoms with van der Waals surface area (Å²) in [6, 6.07) is 6.52. The van der Waals surface area contributed by atoms with Crippen LogP contribution in [0.4, 0.5) is 0 Å². The highest BCUT2D eigenvalue weighted by molar-refractivity contribution is 7.99. The normalized spacial score (nSPS) is 22.1. The zero-order chi connectivity index (χ0) is 9.60. The standard InChI is InChI=1S/C12H14OS/c13-12(5-6-12)8-10-3-1-2-9-4-7-14-11(9)10/h1-3,13H,4-8H2. The summed E-state index contributed by atoms with van der Waals surface area (Å²) in [5.74, 6) is 1.21. The van der Waals surface area contributed by atoms with Crippen molar-refractivity contribution in [3.63, 3.8) is 0 Å². The molecule has 1 aliphatic carbocycles. The van der Waals surface area contributed by atoms with Crippen molar-refractivity contribution in [2.24, 2.45) is 0 Å². The topological polar surface area (TPSA) is 20.2 Å². The van der Waals surface area contributed by atoms with Gasteiger partial charge in [0.25, 0.3) is 0 Å². The lowest BCUT2D eigenvalue weighted by atomic mass is 10.0. The second kappa shape index (κ2) is 3.01. The van der Waals surface area contributed by atoms with Gasteiger partial charge in [-0.05, 0) is 30.4 Å². The van der Waals surface area contributed by atoms with E-state index in [0.29, 0.717) is 0 Å². The Kier molecular flexibility index (Phi) is 1.89. The average molecular weight is 206 g/mol. The predicted octanol–water partition coefficient (Wildman–Crippen LogP) is 2.40. The van der Waals surface area contributed by atoms with Crippen LogP contribution in [0.3, 0.4) is 0 Å². The van der Waals surface area contributed by atoms with Crippen LogP contribution < -0.4 is 0 Å². The Morgan fingerprint density at radius 1 is 1.36 bits per heavy atom. The van der Waals surface area contributed by atoms with E-state index in [0.717, 1.165) is 19.3 Å². The van der Waals surface area contributed by atoms with Gasteiger partial charge in [0, 0.05) is 17.1 Å². The molecule has 0 unspecified atom stereocenters. The second-order valence-electron chi connectivity index (χ2n) is 4.40. The summed E-state index contributed by atoms with van der Waals surface area (Å²) in [6.07, 6.45) is 4.04. The van der Waals surface area contributed by atoms with Crippen LogP contribution >= 0.6 is 11.8 Å². The Hall–Kier alpha value is -0.470. The SMILES string of the molecule is OC1(Cc2cccc3c2SCC3)CC1. The van der Waals surface area contributed by atoms with E-state index in [2.05, 4.69) is 18.2 Å². The number of aliphatic hydroxyl groups is 1. The lowest BCUT2D eigenvalue weighted by Gasteiger charge is -2.11. The van der Waals surface area contributed by atoms with Crippen LogP contribution in [0.5, 0.6) is 0 Å². The van der Waals surface area contributed by atoms with E-state index in [1.807, 2.05) is 11.8 Å². The summed E-state index contributed by atoms with van der Waals surface area (Å²) in [5.41, 5.74) is 2.50. The lowest BCUT2D eigenvalue weighted by Crippen LogP contribution is -2.11. The van der Waals surface area contributed by atoms with Gasteiger partial charge < -0.3 is 5.11 Å². The molecule has 1 saturated carbocycles. The number of hydrogen-bond donors (Lipinski definition) is 1. The summed E-state index contributed by atoms with van der Waals surface area (Å²) in [5, 5.41) is 9.90.